The van der Waals surface area contributed by atoms with Crippen molar-refractivity contribution in [3.05, 3.63) is 65.5 Å². The van der Waals surface area contributed by atoms with E-state index in [1.807, 2.05) is 29.2 Å². The molecule has 1 aromatic carbocycles. The fourth-order valence-electron chi connectivity index (χ4n) is 2.87. The van der Waals surface area contributed by atoms with Crippen LogP contribution in [0.1, 0.15) is 23.7 Å². The number of hydrogen-bond acceptors (Lipinski definition) is 3. The first kappa shape index (κ1) is 16.4. The molecule has 24 heavy (non-hydrogen) atoms. The van der Waals surface area contributed by atoms with Crippen LogP contribution < -0.4 is 0 Å². The normalized spacial score (nSPS) is 15.8. The minimum absolute atomic E-state index is 0.179. The quantitative estimate of drug-likeness (QED) is 0.869. The van der Waals surface area contributed by atoms with Crippen LogP contribution in [0.3, 0.4) is 0 Å². The van der Waals surface area contributed by atoms with Crippen molar-refractivity contribution in [1.82, 2.24) is 14.8 Å². The molecule has 0 unspecified atom stereocenters. The largest absolute Gasteiger partial charge is 0.340 e. The third kappa shape index (κ3) is 4.52. The Bertz CT molecular complexity index is 687. The number of hydrogen-bond donors (Lipinski definition) is 0. The van der Waals surface area contributed by atoms with Gasteiger partial charge in [0.1, 0.15) is 0 Å². The molecule has 4 heteroatoms. The second kappa shape index (κ2) is 7.88. The van der Waals surface area contributed by atoms with Crippen LogP contribution in [0.15, 0.2) is 48.7 Å². The molecular weight excluding hydrogens is 298 g/mol. The molecule has 1 fully saturated rings. The first-order valence-electron chi connectivity index (χ1n) is 8.36. The summed E-state index contributed by atoms with van der Waals surface area (Å²) in [5.41, 5.74) is 3.44. The Hall–Kier alpha value is -2.46. The van der Waals surface area contributed by atoms with Crippen molar-refractivity contribution in [2.24, 2.45) is 0 Å². The van der Waals surface area contributed by atoms with Crippen LogP contribution in [0.25, 0.3) is 12.2 Å². The van der Waals surface area contributed by atoms with Crippen molar-refractivity contribution in [1.29, 1.82) is 0 Å². The molecule has 1 amide bonds. The first-order chi connectivity index (χ1) is 11.7. The second-order valence-corrected chi connectivity index (χ2v) is 6.11. The number of piperazine rings is 1. The maximum atomic E-state index is 11.4. The summed E-state index contributed by atoms with van der Waals surface area (Å²) in [5.74, 6) is 0.179. The number of rotatable bonds is 4. The summed E-state index contributed by atoms with van der Waals surface area (Å²) in [6, 6.07) is 14.5. The van der Waals surface area contributed by atoms with Crippen molar-refractivity contribution in [2.45, 2.75) is 13.5 Å². The predicted molar refractivity (Wildman–Crippen MR) is 97.1 cm³/mol. The van der Waals surface area contributed by atoms with Gasteiger partial charge in [0.15, 0.2) is 0 Å². The number of carbonyl (C=O) groups is 1. The van der Waals surface area contributed by atoms with Crippen LogP contribution in [-0.4, -0.2) is 46.9 Å². The number of aromatic nitrogens is 1. The number of nitrogens with zero attached hydrogens (tertiary/aromatic N) is 3. The zero-order chi connectivity index (χ0) is 16.8. The van der Waals surface area contributed by atoms with Crippen LogP contribution in [-0.2, 0) is 11.3 Å². The van der Waals surface area contributed by atoms with Crippen molar-refractivity contribution in [3.63, 3.8) is 0 Å². The number of pyridine rings is 1. The highest BCUT2D eigenvalue weighted by molar-refractivity contribution is 5.73. The summed E-state index contributed by atoms with van der Waals surface area (Å²) in [6.07, 6.45) is 5.91. The molecular formula is C20H23N3O. The number of carbonyl (C=O) groups excluding carboxylic acids is 1. The lowest BCUT2D eigenvalue weighted by Gasteiger charge is -2.34. The van der Waals surface area contributed by atoms with Gasteiger partial charge in [0.25, 0.3) is 0 Å². The molecule has 0 saturated carbocycles. The van der Waals surface area contributed by atoms with E-state index in [9.17, 15) is 4.79 Å². The summed E-state index contributed by atoms with van der Waals surface area (Å²) in [4.78, 5) is 20.0. The molecule has 1 aliphatic heterocycles. The van der Waals surface area contributed by atoms with E-state index >= 15 is 0 Å². The Morgan fingerprint density at radius 1 is 1.04 bits per heavy atom. The molecule has 0 atom stereocenters. The number of amides is 1. The van der Waals surface area contributed by atoms with E-state index in [-0.39, 0.29) is 5.91 Å². The zero-order valence-electron chi connectivity index (χ0n) is 14.1. The zero-order valence-corrected chi connectivity index (χ0v) is 14.1. The Kier molecular flexibility index (Phi) is 5.39. The van der Waals surface area contributed by atoms with E-state index in [0.717, 1.165) is 38.4 Å². The van der Waals surface area contributed by atoms with Gasteiger partial charge >= 0.3 is 0 Å². The lowest BCUT2D eigenvalue weighted by atomic mass is 10.1. The molecule has 3 rings (SSSR count). The Morgan fingerprint density at radius 2 is 1.79 bits per heavy atom. The smallest absolute Gasteiger partial charge is 0.219 e. The van der Waals surface area contributed by atoms with Gasteiger partial charge in [-0.05, 0) is 29.3 Å². The average Bonchev–Trinajstić information content (AvgIpc) is 2.62. The standard InChI is InChI=1S/C20H23N3O/c1-17(24)23-14-12-22(13-15-23)16-19-7-5-18(6-8-19)9-10-20-4-2-3-11-21-20/h2-11H,12-16H2,1H3/b10-9+. The maximum absolute atomic E-state index is 11.4. The van der Waals surface area contributed by atoms with Gasteiger partial charge < -0.3 is 4.90 Å². The van der Waals surface area contributed by atoms with Crippen LogP contribution in [0.5, 0.6) is 0 Å². The first-order valence-corrected chi connectivity index (χ1v) is 8.36. The van der Waals surface area contributed by atoms with Crippen molar-refractivity contribution in [2.75, 3.05) is 26.2 Å². The lowest BCUT2D eigenvalue weighted by molar-refractivity contribution is -0.130. The van der Waals surface area contributed by atoms with Crippen LogP contribution in [0.2, 0.25) is 0 Å². The van der Waals surface area contributed by atoms with Crippen LogP contribution >= 0.6 is 0 Å². The highest BCUT2D eigenvalue weighted by atomic mass is 16.2. The highest BCUT2D eigenvalue weighted by Gasteiger charge is 2.18. The molecule has 1 aliphatic rings. The van der Waals surface area contributed by atoms with Gasteiger partial charge in [-0.15, -0.1) is 0 Å². The van der Waals surface area contributed by atoms with Crippen molar-refractivity contribution < 1.29 is 4.79 Å². The van der Waals surface area contributed by atoms with Crippen LogP contribution in [0, 0.1) is 0 Å². The molecule has 2 aromatic rings. The summed E-state index contributed by atoms with van der Waals surface area (Å²) in [5, 5.41) is 0. The average molecular weight is 321 g/mol. The lowest BCUT2D eigenvalue weighted by Crippen LogP contribution is -2.47. The Balaban J connectivity index is 1.53. The molecule has 124 valence electrons. The van der Waals surface area contributed by atoms with E-state index in [0.29, 0.717) is 0 Å². The van der Waals surface area contributed by atoms with Gasteiger partial charge in [0.2, 0.25) is 5.91 Å². The maximum Gasteiger partial charge on any atom is 0.219 e. The van der Waals surface area contributed by atoms with E-state index < -0.39 is 0 Å². The topological polar surface area (TPSA) is 36.4 Å². The van der Waals surface area contributed by atoms with E-state index in [2.05, 4.69) is 40.2 Å². The fraction of sp³-hybridized carbons (Fsp3) is 0.300. The van der Waals surface area contributed by atoms with Gasteiger partial charge in [0.05, 0.1) is 5.69 Å². The molecule has 0 N–H and O–H groups in total. The molecule has 4 nitrogen and oxygen atoms in total. The summed E-state index contributed by atoms with van der Waals surface area (Å²) in [6.45, 7) is 6.14. The van der Waals surface area contributed by atoms with Gasteiger partial charge in [-0.2, -0.15) is 0 Å². The number of benzene rings is 1. The molecule has 0 spiro atoms. The summed E-state index contributed by atoms with van der Waals surface area (Å²) >= 11 is 0. The van der Waals surface area contributed by atoms with Crippen molar-refractivity contribution >= 4 is 18.1 Å². The second-order valence-electron chi connectivity index (χ2n) is 6.11. The van der Waals surface area contributed by atoms with Gasteiger partial charge in [-0.1, -0.05) is 36.4 Å². The third-order valence-electron chi connectivity index (χ3n) is 4.34. The Morgan fingerprint density at radius 3 is 2.42 bits per heavy atom. The Labute approximate surface area is 143 Å². The highest BCUT2D eigenvalue weighted by Crippen LogP contribution is 2.12. The van der Waals surface area contributed by atoms with Gasteiger partial charge in [-0.25, -0.2) is 0 Å². The van der Waals surface area contributed by atoms with Crippen LogP contribution in [0.4, 0.5) is 0 Å². The minimum atomic E-state index is 0.179. The van der Waals surface area contributed by atoms with E-state index in [1.165, 1.54) is 11.1 Å². The minimum Gasteiger partial charge on any atom is -0.340 e. The fourth-order valence-corrected chi connectivity index (χ4v) is 2.87. The van der Waals surface area contributed by atoms with Gasteiger partial charge in [-0.3, -0.25) is 14.7 Å². The molecule has 0 radical (unpaired) electrons. The molecule has 1 saturated heterocycles. The third-order valence-corrected chi connectivity index (χ3v) is 4.34. The van der Waals surface area contributed by atoms with Crippen molar-refractivity contribution in [3.8, 4) is 0 Å². The summed E-state index contributed by atoms with van der Waals surface area (Å²) < 4.78 is 0. The molecule has 0 aliphatic carbocycles. The van der Waals surface area contributed by atoms with E-state index in [1.54, 1.807) is 13.1 Å². The predicted octanol–water partition coefficient (Wildman–Crippen LogP) is 2.92. The molecule has 0 bridgehead atoms. The molecule has 1 aromatic heterocycles. The van der Waals surface area contributed by atoms with E-state index in [4.69, 9.17) is 0 Å². The van der Waals surface area contributed by atoms with Gasteiger partial charge in [0, 0.05) is 45.8 Å². The summed E-state index contributed by atoms with van der Waals surface area (Å²) in [7, 11) is 0. The molecule has 2 heterocycles. The monoisotopic (exact) mass is 321 g/mol. The SMILES string of the molecule is CC(=O)N1CCN(Cc2ccc(/C=C/c3ccccn3)cc2)CC1.